The number of aromatic nitrogens is 3. The molecule has 2 aliphatic rings. The van der Waals surface area contributed by atoms with Crippen molar-refractivity contribution in [2.75, 3.05) is 37.0 Å². The van der Waals surface area contributed by atoms with Crippen molar-refractivity contribution in [3.8, 4) is 5.88 Å². The van der Waals surface area contributed by atoms with E-state index in [4.69, 9.17) is 14.5 Å². The van der Waals surface area contributed by atoms with Gasteiger partial charge in [-0.05, 0) is 12.8 Å². The molecule has 24 heavy (non-hydrogen) atoms. The van der Waals surface area contributed by atoms with E-state index in [0.29, 0.717) is 11.9 Å². The van der Waals surface area contributed by atoms with Gasteiger partial charge in [0.25, 0.3) is 0 Å². The number of ether oxygens (including phenoxy) is 2. The van der Waals surface area contributed by atoms with Crippen LogP contribution >= 0.6 is 11.3 Å². The van der Waals surface area contributed by atoms with Crippen LogP contribution in [0.5, 0.6) is 5.88 Å². The fraction of sp³-hybridized carbons (Fsp3) is 0.562. The number of piperidine rings is 1. The average molecular weight is 347 g/mol. The summed E-state index contributed by atoms with van der Waals surface area (Å²) in [5.74, 6) is 1.41. The summed E-state index contributed by atoms with van der Waals surface area (Å²) in [4.78, 5) is 16.8. The van der Waals surface area contributed by atoms with Gasteiger partial charge in [0.2, 0.25) is 5.88 Å². The van der Waals surface area contributed by atoms with Crippen LogP contribution in [0.25, 0.3) is 0 Å². The lowest BCUT2D eigenvalue weighted by Crippen LogP contribution is -2.39. The first-order chi connectivity index (χ1) is 11.8. The number of thiazole rings is 1. The number of rotatable bonds is 4. The molecule has 128 valence electrons. The highest BCUT2D eigenvalue weighted by atomic mass is 32.1. The van der Waals surface area contributed by atoms with E-state index in [2.05, 4.69) is 20.2 Å². The van der Waals surface area contributed by atoms with Gasteiger partial charge < -0.3 is 19.7 Å². The minimum atomic E-state index is 0.416. The third-order valence-corrected chi connectivity index (χ3v) is 5.58. The van der Waals surface area contributed by atoms with Gasteiger partial charge in [-0.2, -0.15) is 0 Å². The van der Waals surface area contributed by atoms with Gasteiger partial charge in [0, 0.05) is 31.6 Å². The second-order valence-corrected chi connectivity index (χ2v) is 7.08. The number of fused-ring (bicyclic) bond motifs is 1. The van der Waals surface area contributed by atoms with E-state index in [9.17, 15) is 0 Å². The molecule has 1 fully saturated rings. The lowest BCUT2D eigenvalue weighted by Gasteiger charge is -2.32. The van der Waals surface area contributed by atoms with Crippen molar-refractivity contribution in [3.05, 3.63) is 23.0 Å². The quantitative estimate of drug-likeness (QED) is 0.908. The molecule has 2 aliphatic heterocycles. The highest BCUT2D eigenvalue weighted by Crippen LogP contribution is 2.31. The van der Waals surface area contributed by atoms with Crippen LogP contribution in [0.2, 0.25) is 0 Å². The molecule has 2 aromatic rings. The van der Waals surface area contributed by atoms with Gasteiger partial charge in [-0.15, -0.1) is 0 Å². The highest BCUT2D eigenvalue weighted by molar-refractivity contribution is 7.15. The van der Waals surface area contributed by atoms with E-state index in [1.54, 1.807) is 18.4 Å². The van der Waals surface area contributed by atoms with Gasteiger partial charge >= 0.3 is 0 Å². The Morgan fingerprint density at radius 3 is 3.00 bits per heavy atom. The van der Waals surface area contributed by atoms with Crippen molar-refractivity contribution < 1.29 is 9.47 Å². The highest BCUT2D eigenvalue weighted by Gasteiger charge is 2.24. The van der Waals surface area contributed by atoms with Crippen molar-refractivity contribution in [1.29, 1.82) is 0 Å². The topological polar surface area (TPSA) is 72.4 Å². The molecule has 2 aromatic heterocycles. The summed E-state index contributed by atoms with van der Waals surface area (Å²) in [7, 11) is 1.61. The zero-order chi connectivity index (χ0) is 16.4. The van der Waals surface area contributed by atoms with Crippen LogP contribution in [-0.2, 0) is 17.8 Å². The summed E-state index contributed by atoms with van der Waals surface area (Å²) < 4.78 is 10.7. The largest absolute Gasteiger partial charge is 0.481 e. The molecule has 0 saturated carbocycles. The lowest BCUT2D eigenvalue weighted by atomic mass is 10.1. The van der Waals surface area contributed by atoms with E-state index in [0.717, 1.165) is 56.5 Å². The molecule has 0 spiro atoms. The zero-order valence-electron chi connectivity index (χ0n) is 13.7. The molecular weight excluding hydrogens is 326 g/mol. The Labute approximate surface area is 145 Å². The number of nitrogens with zero attached hydrogens (tertiary/aromatic N) is 4. The molecule has 0 bridgehead atoms. The first-order valence-electron chi connectivity index (χ1n) is 8.25. The Morgan fingerprint density at radius 1 is 1.33 bits per heavy atom. The Kier molecular flexibility index (Phi) is 4.48. The van der Waals surface area contributed by atoms with Crippen LogP contribution in [0.15, 0.2) is 12.4 Å². The molecule has 0 aromatic carbocycles. The van der Waals surface area contributed by atoms with Crippen LogP contribution in [-0.4, -0.2) is 47.8 Å². The summed E-state index contributed by atoms with van der Waals surface area (Å²) in [6.45, 7) is 3.53. The molecule has 0 atom stereocenters. The minimum absolute atomic E-state index is 0.416. The molecule has 0 amide bonds. The van der Waals surface area contributed by atoms with Crippen molar-refractivity contribution in [3.63, 3.8) is 0 Å². The molecule has 0 aliphatic carbocycles. The number of anilines is 2. The normalized spacial score (nSPS) is 18.3. The fourth-order valence-electron chi connectivity index (χ4n) is 3.10. The van der Waals surface area contributed by atoms with Crippen molar-refractivity contribution in [1.82, 2.24) is 15.0 Å². The number of methoxy groups -OCH3 is 1. The molecule has 1 N–H and O–H groups in total. The van der Waals surface area contributed by atoms with Crippen LogP contribution in [0.4, 0.5) is 10.9 Å². The van der Waals surface area contributed by atoms with E-state index in [1.807, 2.05) is 6.07 Å². The Balaban J connectivity index is 1.35. The molecule has 8 heteroatoms. The monoisotopic (exact) mass is 347 g/mol. The molecule has 7 nitrogen and oxygen atoms in total. The fourth-order valence-corrected chi connectivity index (χ4v) is 4.20. The van der Waals surface area contributed by atoms with Crippen LogP contribution in [0.3, 0.4) is 0 Å². The van der Waals surface area contributed by atoms with Gasteiger partial charge in [-0.1, -0.05) is 11.3 Å². The van der Waals surface area contributed by atoms with Gasteiger partial charge in [0.1, 0.15) is 12.1 Å². The maximum absolute atomic E-state index is 5.52. The van der Waals surface area contributed by atoms with E-state index in [-0.39, 0.29) is 0 Å². The minimum Gasteiger partial charge on any atom is -0.481 e. The maximum atomic E-state index is 5.52. The van der Waals surface area contributed by atoms with E-state index < -0.39 is 0 Å². The van der Waals surface area contributed by atoms with Crippen molar-refractivity contribution >= 4 is 22.3 Å². The second kappa shape index (κ2) is 6.90. The zero-order valence-corrected chi connectivity index (χ0v) is 14.5. The van der Waals surface area contributed by atoms with Crippen LogP contribution < -0.4 is 15.0 Å². The van der Waals surface area contributed by atoms with E-state index >= 15 is 0 Å². The summed E-state index contributed by atoms with van der Waals surface area (Å²) in [6, 6.07) is 2.25. The van der Waals surface area contributed by atoms with Crippen LogP contribution in [0.1, 0.15) is 23.4 Å². The second-order valence-electron chi connectivity index (χ2n) is 6.02. The lowest BCUT2D eigenvalue weighted by molar-refractivity contribution is 0.112. The molecular formula is C16H21N5O2S. The summed E-state index contributed by atoms with van der Waals surface area (Å²) in [6.07, 6.45) is 4.60. The molecule has 4 heterocycles. The van der Waals surface area contributed by atoms with Gasteiger partial charge in [-0.3, -0.25) is 0 Å². The first kappa shape index (κ1) is 15.6. The summed E-state index contributed by atoms with van der Waals surface area (Å²) in [5.41, 5.74) is 1.23. The third-order valence-electron chi connectivity index (χ3n) is 4.45. The summed E-state index contributed by atoms with van der Waals surface area (Å²) in [5, 5.41) is 4.63. The summed E-state index contributed by atoms with van der Waals surface area (Å²) >= 11 is 1.78. The molecule has 0 radical (unpaired) electrons. The Morgan fingerprint density at radius 2 is 2.21 bits per heavy atom. The van der Waals surface area contributed by atoms with E-state index in [1.165, 1.54) is 16.9 Å². The number of hydrogen-bond acceptors (Lipinski definition) is 8. The predicted octanol–water partition coefficient (Wildman–Crippen LogP) is 2.10. The van der Waals surface area contributed by atoms with Crippen LogP contribution in [0, 0.1) is 0 Å². The van der Waals surface area contributed by atoms with Gasteiger partial charge in [-0.25, -0.2) is 15.0 Å². The standard InChI is InChI=1S/C16H21N5O2S/c1-22-15-8-14(17-10-18-15)19-11-2-5-21(6-3-11)16-20-12-4-7-23-9-13(12)24-16/h8,10-11H,2-7,9H2,1H3,(H,17,18,19). The smallest absolute Gasteiger partial charge is 0.218 e. The van der Waals surface area contributed by atoms with Crippen molar-refractivity contribution in [2.45, 2.75) is 31.9 Å². The molecule has 4 rings (SSSR count). The molecule has 0 unspecified atom stereocenters. The third kappa shape index (κ3) is 3.29. The van der Waals surface area contributed by atoms with Crippen molar-refractivity contribution in [2.24, 2.45) is 0 Å². The molecule has 1 saturated heterocycles. The van der Waals surface area contributed by atoms with Gasteiger partial charge in [0.15, 0.2) is 5.13 Å². The number of hydrogen-bond donors (Lipinski definition) is 1. The maximum Gasteiger partial charge on any atom is 0.218 e. The first-order valence-corrected chi connectivity index (χ1v) is 9.07. The Bertz CT molecular complexity index is 676. The number of nitrogens with one attached hydrogen (secondary N) is 1. The average Bonchev–Trinajstić information content (AvgIpc) is 3.06. The Hall–Kier alpha value is -1.93. The predicted molar refractivity (Wildman–Crippen MR) is 92.9 cm³/mol. The van der Waals surface area contributed by atoms with Gasteiger partial charge in [0.05, 0.1) is 30.9 Å². The SMILES string of the molecule is COc1cc(NC2CCN(c3nc4c(s3)COCC4)CC2)ncn1.